The molecule has 0 bridgehead atoms. The maximum atomic E-state index is 14.0. The van der Waals surface area contributed by atoms with Gasteiger partial charge in [0.1, 0.15) is 11.6 Å². The SMILES string of the molecule is COC(CN)CC(=O)NC(c1ccc(F)cc1F)C(C)(C)C.Cl. The minimum atomic E-state index is -0.678. The Morgan fingerprint density at radius 1 is 1.35 bits per heavy atom. The highest BCUT2D eigenvalue weighted by atomic mass is 35.5. The van der Waals surface area contributed by atoms with E-state index in [0.717, 1.165) is 6.07 Å². The molecule has 0 saturated heterocycles. The van der Waals surface area contributed by atoms with Crippen LogP contribution in [0.5, 0.6) is 0 Å². The highest BCUT2D eigenvalue weighted by Crippen LogP contribution is 2.34. The third-order valence-corrected chi connectivity index (χ3v) is 3.45. The van der Waals surface area contributed by atoms with Gasteiger partial charge in [-0.25, -0.2) is 8.78 Å². The van der Waals surface area contributed by atoms with Gasteiger partial charge in [0, 0.05) is 25.3 Å². The summed E-state index contributed by atoms with van der Waals surface area (Å²) in [5.74, 6) is -1.62. The van der Waals surface area contributed by atoms with Crippen molar-refractivity contribution in [1.82, 2.24) is 5.32 Å². The summed E-state index contributed by atoms with van der Waals surface area (Å²) in [7, 11) is 1.48. The van der Waals surface area contributed by atoms with E-state index in [0.29, 0.717) is 0 Å². The van der Waals surface area contributed by atoms with Crippen molar-refractivity contribution >= 4 is 18.3 Å². The first kappa shape index (κ1) is 21.8. The lowest BCUT2D eigenvalue weighted by Gasteiger charge is -2.32. The molecule has 0 aromatic heterocycles. The number of halogens is 3. The fourth-order valence-electron chi connectivity index (χ4n) is 2.19. The van der Waals surface area contributed by atoms with E-state index >= 15 is 0 Å². The number of ether oxygens (including phenoxy) is 1. The normalized spacial score (nSPS) is 13.9. The molecule has 2 unspecified atom stereocenters. The predicted molar refractivity (Wildman–Crippen MR) is 88.4 cm³/mol. The van der Waals surface area contributed by atoms with E-state index in [1.54, 1.807) is 0 Å². The van der Waals surface area contributed by atoms with E-state index in [-0.39, 0.29) is 36.8 Å². The number of hydrogen-bond donors (Lipinski definition) is 2. The summed E-state index contributed by atoms with van der Waals surface area (Å²) >= 11 is 0. The topological polar surface area (TPSA) is 64.3 Å². The van der Waals surface area contributed by atoms with Crippen molar-refractivity contribution in [1.29, 1.82) is 0 Å². The van der Waals surface area contributed by atoms with Crippen molar-refractivity contribution in [2.45, 2.75) is 39.3 Å². The highest BCUT2D eigenvalue weighted by molar-refractivity contribution is 5.85. The Kier molecular flexibility index (Phi) is 8.66. The monoisotopic (exact) mass is 350 g/mol. The summed E-state index contributed by atoms with van der Waals surface area (Å²) < 4.78 is 32.2. The molecule has 0 aliphatic heterocycles. The van der Waals surface area contributed by atoms with Crippen molar-refractivity contribution < 1.29 is 18.3 Å². The molecule has 0 radical (unpaired) electrons. The number of carbonyl (C=O) groups is 1. The second kappa shape index (κ2) is 9.15. The van der Waals surface area contributed by atoms with Gasteiger partial charge in [-0.2, -0.15) is 0 Å². The molecule has 132 valence electrons. The summed E-state index contributed by atoms with van der Waals surface area (Å²) in [5, 5.41) is 2.80. The van der Waals surface area contributed by atoms with Crippen LogP contribution in [0, 0.1) is 17.0 Å². The Morgan fingerprint density at radius 3 is 2.39 bits per heavy atom. The van der Waals surface area contributed by atoms with E-state index in [4.69, 9.17) is 10.5 Å². The zero-order valence-corrected chi connectivity index (χ0v) is 14.7. The summed E-state index contributed by atoms with van der Waals surface area (Å²) in [5.41, 5.74) is 5.30. The molecule has 1 aromatic carbocycles. The van der Waals surface area contributed by atoms with Crippen LogP contribution in [0.2, 0.25) is 0 Å². The van der Waals surface area contributed by atoms with Gasteiger partial charge in [0.15, 0.2) is 0 Å². The Bertz CT molecular complexity index is 517. The van der Waals surface area contributed by atoms with Crippen molar-refractivity contribution in [2.75, 3.05) is 13.7 Å². The molecule has 7 heteroatoms. The number of rotatable bonds is 6. The Morgan fingerprint density at radius 2 is 1.96 bits per heavy atom. The van der Waals surface area contributed by atoms with Crippen LogP contribution in [0.4, 0.5) is 8.78 Å². The van der Waals surface area contributed by atoms with Gasteiger partial charge in [-0.05, 0) is 11.5 Å². The van der Waals surface area contributed by atoms with Crippen LogP contribution in [-0.2, 0) is 9.53 Å². The minimum Gasteiger partial charge on any atom is -0.380 e. The maximum absolute atomic E-state index is 14.0. The van der Waals surface area contributed by atoms with Crippen molar-refractivity contribution in [3.63, 3.8) is 0 Å². The molecule has 1 rings (SSSR count). The highest BCUT2D eigenvalue weighted by Gasteiger charge is 2.30. The summed E-state index contributed by atoms with van der Waals surface area (Å²) in [6, 6.07) is 2.77. The van der Waals surface area contributed by atoms with E-state index < -0.39 is 29.2 Å². The van der Waals surface area contributed by atoms with Crippen LogP contribution in [0.3, 0.4) is 0 Å². The molecule has 0 aliphatic rings. The van der Waals surface area contributed by atoms with E-state index in [1.807, 2.05) is 20.8 Å². The second-order valence-corrected chi connectivity index (χ2v) is 6.33. The number of nitrogens with two attached hydrogens (primary N) is 1. The van der Waals surface area contributed by atoms with Crippen LogP contribution in [0.15, 0.2) is 18.2 Å². The molecule has 4 nitrogen and oxygen atoms in total. The lowest BCUT2D eigenvalue weighted by Crippen LogP contribution is -2.39. The van der Waals surface area contributed by atoms with Crippen molar-refractivity contribution in [2.24, 2.45) is 11.1 Å². The molecule has 2 atom stereocenters. The van der Waals surface area contributed by atoms with Crippen LogP contribution in [0.25, 0.3) is 0 Å². The Balaban J connectivity index is 0.00000484. The first-order valence-corrected chi connectivity index (χ1v) is 7.16. The smallest absolute Gasteiger partial charge is 0.223 e. The van der Waals surface area contributed by atoms with Gasteiger partial charge in [-0.1, -0.05) is 26.8 Å². The zero-order valence-electron chi connectivity index (χ0n) is 13.9. The van der Waals surface area contributed by atoms with Crippen LogP contribution in [0.1, 0.15) is 38.8 Å². The molecular weight excluding hydrogens is 326 g/mol. The standard InChI is InChI=1S/C16H24F2N2O2.ClH/c1-16(2,3)15(12-6-5-10(17)7-13(12)18)20-14(21)8-11(9-19)22-4;/h5-7,11,15H,8-9,19H2,1-4H3,(H,20,21);1H. The predicted octanol–water partition coefficient (Wildman–Crippen LogP) is 2.95. The number of carbonyl (C=O) groups excluding carboxylic acids is 1. The third kappa shape index (κ3) is 6.41. The fourth-order valence-corrected chi connectivity index (χ4v) is 2.19. The van der Waals surface area contributed by atoms with Crippen molar-refractivity contribution in [3.05, 3.63) is 35.4 Å². The first-order chi connectivity index (χ1) is 10.2. The van der Waals surface area contributed by atoms with Crippen LogP contribution in [-0.4, -0.2) is 25.7 Å². The molecule has 0 saturated carbocycles. The largest absolute Gasteiger partial charge is 0.380 e. The summed E-state index contributed by atoms with van der Waals surface area (Å²) in [6.45, 7) is 5.83. The zero-order chi connectivity index (χ0) is 16.9. The molecule has 0 fully saturated rings. The maximum Gasteiger partial charge on any atom is 0.223 e. The molecule has 3 N–H and O–H groups in total. The molecule has 1 amide bonds. The average molecular weight is 351 g/mol. The molecular formula is C16H25ClF2N2O2. The minimum absolute atomic E-state index is 0. The number of hydrogen-bond acceptors (Lipinski definition) is 3. The number of amides is 1. The Labute approximate surface area is 142 Å². The molecule has 0 heterocycles. The Hall–Kier alpha value is -1.24. The second-order valence-electron chi connectivity index (χ2n) is 6.33. The van der Waals surface area contributed by atoms with Crippen molar-refractivity contribution in [3.8, 4) is 0 Å². The van der Waals surface area contributed by atoms with E-state index in [9.17, 15) is 13.6 Å². The van der Waals surface area contributed by atoms with Crippen LogP contribution < -0.4 is 11.1 Å². The number of nitrogens with one attached hydrogen (secondary N) is 1. The van der Waals surface area contributed by atoms with E-state index in [1.165, 1.54) is 19.2 Å². The van der Waals surface area contributed by atoms with Gasteiger partial charge in [-0.3, -0.25) is 4.79 Å². The van der Waals surface area contributed by atoms with Gasteiger partial charge >= 0.3 is 0 Å². The molecule has 0 spiro atoms. The molecule has 1 aromatic rings. The molecule has 23 heavy (non-hydrogen) atoms. The van der Waals surface area contributed by atoms with Gasteiger partial charge in [0.2, 0.25) is 5.91 Å². The lowest BCUT2D eigenvalue weighted by atomic mass is 9.82. The first-order valence-electron chi connectivity index (χ1n) is 7.16. The lowest BCUT2D eigenvalue weighted by molar-refractivity contribution is -0.125. The quantitative estimate of drug-likeness (QED) is 0.829. The number of methoxy groups -OCH3 is 1. The van der Waals surface area contributed by atoms with Gasteiger partial charge < -0.3 is 15.8 Å². The number of benzene rings is 1. The average Bonchev–Trinajstić information content (AvgIpc) is 2.41. The summed E-state index contributed by atoms with van der Waals surface area (Å²) in [6.07, 6.45) is -0.304. The van der Waals surface area contributed by atoms with Gasteiger partial charge in [-0.15, -0.1) is 12.4 Å². The van der Waals surface area contributed by atoms with Crippen LogP contribution >= 0.6 is 12.4 Å². The fraction of sp³-hybridized carbons (Fsp3) is 0.562. The third-order valence-electron chi connectivity index (χ3n) is 3.45. The summed E-state index contributed by atoms with van der Waals surface area (Å²) in [4.78, 5) is 12.1. The van der Waals surface area contributed by atoms with E-state index in [2.05, 4.69) is 5.32 Å². The van der Waals surface area contributed by atoms with Gasteiger partial charge in [0.25, 0.3) is 0 Å². The van der Waals surface area contributed by atoms with Gasteiger partial charge in [0.05, 0.1) is 18.6 Å². The molecule has 0 aliphatic carbocycles.